The Morgan fingerprint density at radius 3 is 2.68 bits per heavy atom. The van der Waals surface area contributed by atoms with Gasteiger partial charge in [0.25, 0.3) is 5.91 Å². The van der Waals surface area contributed by atoms with Crippen molar-refractivity contribution in [1.82, 2.24) is 9.88 Å². The van der Waals surface area contributed by atoms with Crippen molar-refractivity contribution < 1.29 is 4.79 Å². The number of hydrogen-bond acceptors (Lipinski definition) is 3. The lowest BCUT2D eigenvalue weighted by atomic mass is 9.96. The third-order valence-corrected chi connectivity index (χ3v) is 2.38. The molecule has 0 fully saturated rings. The Labute approximate surface area is 115 Å². The Morgan fingerprint density at radius 1 is 1.42 bits per heavy atom. The number of rotatable bonds is 2. The van der Waals surface area contributed by atoms with Crippen molar-refractivity contribution in [3.8, 4) is 11.8 Å². The van der Waals surface area contributed by atoms with Crippen molar-refractivity contribution in [3.05, 3.63) is 29.6 Å². The maximum atomic E-state index is 12.3. The largest absolute Gasteiger partial charge is 0.341 e. The van der Waals surface area contributed by atoms with E-state index in [1.165, 1.54) is 0 Å². The molecule has 0 atom stereocenters. The van der Waals surface area contributed by atoms with Crippen LogP contribution in [0.3, 0.4) is 0 Å². The van der Waals surface area contributed by atoms with Crippen LogP contribution >= 0.6 is 0 Å². The smallest absolute Gasteiger partial charge is 0.255 e. The Balaban J connectivity index is 2.88. The fourth-order valence-corrected chi connectivity index (χ4v) is 1.78. The molecule has 0 bridgehead atoms. The van der Waals surface area contributed by atoms with Crippen LogP contribution in [0, 0.1) is 17.3 Å². The molecule has 1 rings (SSSR count). The van der Waals surface area contributed by atoms with Gasteiger partial charge in [0.15, 0.2) is 0 Å². The number of nitrogens with zero attached hydrogens (tertiary/aromatic N) is 2. The van der Waals surface area contributed by atoms with Gasteiger partial charge in [-0.2, -0.15) is 0 Å². The molecule has 1 heterocycles. The predicted molar refractivity (Wildman–Crippen MR) is 76.6 cm³/mol. The molecule has 1 amide bonds. The van der Waals surface area contributed by atoms with E-state index in [9.17, 15) is 4.79 Å². The van der Waals surface area contributed by atoms with Gasteiger partial charge < -0.3 is 10.6 Å². The summed E-state index contributed by atoms with van der Waals surface area (Å²) in [5.41, 5.74) is 6.65. The van der Waals surface area contributed by atoms with Gasteiger partial charge in [0.05, 0.1) is 12.1 Å². The highest BCUT2D eigenvalue weighted by Gasteiger charge is 2.19. The minimum Gasteiger partial charge on any atom is -0.341 e. The van der Waals surface area contributed by atoms with Crippen LogP contribution in [0.25, 0.3) is 0 Å². The highest BCUT2D eigenvalue weighted by atomic mass is 16.2. The predicted octanol–water partition coefficient (Wildman–Crippen LogP) is 1.51. The Morgan fingerprint density at radius 2 is 2.11 bits per heavy atom. The van der Waals surface area contributed by atoms with Gasteiger partial charge in [-0.1, -0.05) is 32.6 Å². The van der Waals surface area contributed by atoms with Gasteiger partial charge in [0.2, 0.25) is 0 Å². The minimum atomic E-state index is -0.0428. The lowest BCUT2D eigenvalue weighted by molar-refractivity contribution is 0.0745. The fourth-order valence-electron chi connectivity index (χ4n) is 1.78. The summed E-state index contributed by atoms with van der Waals surface area (Å²) in [6, 6.07) is 1.75. The first-order valence-electron chi connectivity index (χ1n) is 6.23. The van der Waals surface area contributed by atoms with E-state index >= 15 is 0 Å². The van der Waals surface area contributed by atoms with Crippen molar-refractivity contribution >= 4 is 5.91 Å². The molecule has 1 aromatic heterocycles. The van der Waals surface area contributed by atoms with Crippen LogP contribution in [-0.4, -0.2) is 35.9 Å². The number of amides is 1. The zero-order chi connectivity index (χ0) is 14.5. The Hall–Kier alpha value is -1.86. The first kappa shape index (κ1) is 15.2. The van der Waals surface area contributed by atoms with Crippen LogP contribution in [0.5, 0.6) is 0 Å². The summed E-state index contributed by atoms with van der Waals surface area (Å²) in [6.07, 6.45) is 3.19. The van der Waals surface area contributed by atoms with E-state index in [0.29, 0.717) is 24.2 Å². The van der Waals surface area contributed by atoms with Crippen LogP contribution < -0.4 is 5.73 Å². The molecule has 0 aliphatic carbocycles. The summed E-state index contributed by atoms with van der Waals surface area (Å²) in [5, 5.41) is 0. The minimum absolute atomic E-state index is 0.0428. The maximum Gasteiger partial charge on any atom is 0.255 e. The molecule has 0 unspecified atom stereocenters. The first-order chi connectivity index (χ1) is 8.83. The molecule has 0 aliphatic rings. The average Bonchev–Trinajstić information content (AvgIpc) is 2.33. The van der Waals surface area contributed by atoms with Crippen molar-refractivity contribution in [2.75, 3.05) is 20.1 Å². The second-order valence-electron chi connectivity index (χ2n) is 5.69. The fraction of sp³-hybridized carbons (Fsp3) is 0.467. The molecule has 4 heteroatoms. The second-order valence-corrected chi connectivity index (χ2v) is 5.69. The van der Waals surface area contributed by atoms with Gasteiger partial charge in [0.1, 0.15) is 0 Å². The average molecular weight is 259 g/mol. The molecule has 19 heavy (non-hydrogen) atoms. The van der Waals surface area contributed by atoms with E-state index < -0.39 is 0 Å². The van der Waals surface area contributed by atoms with Gasteiger partial charge in [-0.25, -0.2) is 0 Å². The zero-order valence-corrected chi connectivity index (χ0v) is 12.0. The number of pyridine rings is 1. The quantitative estimate of drug-likeness (QED) is 0.819. The summed E-state index contributed by atoms with van der Waals surface area (Å²) in [7, 11) is 1.80. The molecule has 4 nitrogen and oxygen atoms in total. The number of carbonyl (C=O) groups excluding carboxylic acids is 1. The summed E-state index contributed by atoms with van der Waals surface area (Å²) in [6.45, 7) is 7.27. The van der Waals surface area contributed by atoms with E-state index in [0.717, 1.165) is 0 Å². The van der Waals surface area contributed by atoms with Crippen molar-refractivity contribution in [1.29, 1.82) is 0 Å². The lowest BCUT2D eigenvalue weighted by Crippen LogP contribution is -2.34. The van der Waals surface area contributed by atoms with E-state index in [2.05, 4.69) is 37.6 Å². The van der Waals surface area contributed by atoms with Crippen molar-refractivity contribution in [3.63, 3.8) is 0 Å². The lowest BCUT2D eigenvalue weighted by Gasteiger charge is -2.26. The molecule has 0 aromatic carbocycles. The van der Waals surface area contributed by atoms with E-state index in [-0.39, 0.29) is 11.3 Å². The number of aromatic nitrogens is 1. The molecule has 0 aliphatic heterocycles. The van der Waals surface area contributed by atoms with E-state index in [1.54, 1.807) is 30.4 Å². The number of nitrogens with two attached hydrogens (primary N) is 1. The zero-order valence-electron chi connectivity index (χ0n) is 12.0. The molecular formula is C15H21N3O. The van der Waals surface area contributed by atoms with Gasteiger partial charge in [-0.3, -0.25) is 9.78 Å². The summed E-state index contributed by atoms with van der Waals surface area (Å²) in [5.74, 6) is 5.59. The molecule has 0 saturated carbocycles. The number of hydrogen-bond donors (Lipinski definition) is 1. The molecular weight excluding hydrogens is 238 g/mol. The molecule has 0 spiro atoms. The molecule has 0 radical (unpaired) electrons. The summed E-state index contributed by atoms with van der Waals surface area (Å²) >= 11 is 0. The standard InChI is InChI=1S/C15H21N3O/c1-15(2,3)11-18(4)14(19)13-8-12(6-5-7-16)9-17-10-13/h8-10H,7,11,16H2,1-4H3. The van der Waals surface area contributed by atoms with Crippen LogP contribution in [0.4, 0.5) is 0 Å². The first-order valence-corrected chi connectivity index (χ1v) is 6.23. The van der Waals surface area contributed by atoms with Gasteiger partial charge in [-0.05, 0) is 11.5 Å². The van der Waals surface area contributed by atoms with Crippen LogP contribution in [0.2, 0.25) is 0 Å². The third-order valence-electron chi connectivity index (χ3n) is 2.38. The monoisotopic (exact) mass is 259 g/mol. The normalized spacial score (nSPS) is 10.6. The third kappa shape index (κ3) is 5.11. The van der Waals surface area contributed by atoms with Crippen LogP contribution in [0.1, 0.15) is 36.7 Å². The Bertz CT molecular complexity index is 506. The van der Waals surface area contributed by atoms with Crippen molar-refractivity contribution in [2.45, 2.75) is 20.8 Å². The van der Waals surface area contributed by atoms with E-state index in [1.807, 2.05) is 0 Å². The van der Waals surface area contributed by atoms with Gasteiger partial charge in [-0.15, -0.1) is 0 Å². The van der Waals surface area contributed by atoms with Crippen LogP contribution in [-0.2, 0) is 0 Å². The van der Waals surface area contributed by atoms with Crippen LogP contribution in [0.15, 0.2) is 18.5 Å². The number of carbonyl (C=O) groups is 1. The molecule has 1 aromatic rings. The highest BCUT2D eigenvalue weighted by molar-refractivity contribution is 5.94. The van der Waals surface area contributed by atoms with Gasteiger partial charge in [0, 0.05) is 31.5 Å². The van der Waals surface area contributed by atoms with Gasteiger partial charge >= 0.3 is 0 Å². The highest BCUT2D eigenvalue weighted by Crippen LogP contribution is 2.16. The van der Waals surface area contributed by atoms with E-state index in [4.69, 9.17) is 5.73 Å². The summed E-state index contributed by atoms with van der Waals surface area (Å²) < 4.78 is 0. The Kier molecular flexibility index (Phi) is 5.08. The molecule has 0 saturated heterocycles. The topological polar surface area (TPSA) is 59.2 Å². The SMILES string of the molecule is CN(CC(C)(C)C)C(=O)c1cncc(C#CCN)c1. The second kappa shape index (κ2) is 6.35. The molecule has 102 valence electrons. The maximum absolute atomic E-state index is 12.3. The van der Waals surface area contributed by atoms with Crippen molar-refractivity contribution in [2.24, 2.45) is 11.1 Å². The summed E-state index contributed by atoms with van der Waals surface area (Å²) in [4.78, 5) is 18.0. The molecule has 2 N–H and O–H groups in total.